The molecule has 0 aromatic carbocycles. The van der Waals surface area contributed by atoms with Crippen LogP contribution in [-0.2, 0) is 19.1 Å². The van der Waals surface area contributed by atoms with Gasteiger partial charge in [0, 0.05) is 25.4 Å². The highest BCUT2D eigenvalue weighted by Gasteiger charge is 2.64. The van der Waals surface area contributed by atoms with Crippen molar-refractivity contribution in [1.82, 2.24) is 0 Å². The smallest absolute Gasteiger partial charge is 0.157 e. The molecular formula is C26H40O4. The zero-order valence-corrected chi connectivity index (χ0v) is 19.2. The zero-order valence-electron chi connectivity index (χ0n) is 19.2. The van der Waals surface area contributed by atoms with E-state index in [9.17, 15) is 9.59 Å². The summed E-state index contributed by atoms with van der Waals surface area (Å²) >= 11 is 0. The first kappa shape index (κ1) is 21.1. The molecule has 1 saturated heterocycles. The van der Waals surface area contributed by atoms with Gasteiger partial charge in [0.15, 0.2) is 6.29 Å². The van der Waals surface area contributed by atoms with Gasteiger partial charge in [-0.15, -0.1) is 0 Å². The average Bonchev–Trinajstić information content (AvgIpc) is 3.06. The number of Topliss-reactive ketones (excluding diaryl/α,β-unsaturated/α-hetero) is 2. The van der Waals surface area contributed by atoms with Crippen LogP contribution in [0.4, 0.5) is 0 Å². The van der Waals surface area contributed by atoms with Crippen LogP contribution < -0.4 is 0 Å². The molecule has 5 unspecified atom stereocenters. The van der Waals surface area contributed by atoms with Crippen molar-refractivity contribution in [3.63, 3.8) is 0 Å². The molecule has 4 heteroatoms. The van der Waals surface area contributed by atoms with Gasteiger partial charge in [-0.05, 0) is 99.2 Å². The Morgan fingerprint density at radius 1 is 1.07 bits per heavy atom. The third kappa shape index (κ3) is 3.23. The first-order valence-corrected chi connectivity index (χ1v) is 12.6. The van der Waals surface area contributed by atoms with Crippen LogP contribution in [-0.4, -0.2) is 30.6 Å². The van der Waals surface area contributed by atoms with Crippen molar-refractivity contribution in [2.24, 2.45) is 40.4 Å². The van der Waals surface area contributed by atoms with E-state index in [1.807, 2.05) is 0 Å². The predicted octanol–water partition coefficient (Wildman–Crippen LogP) is 5.33. The lowest BCUT2D eigenvalue weighted by Gasteiger charge is -2.62. The van der Waals surface area contributed by atoms with E-state index in [2.05, 4.69) is 13.8 Å². The number of fused-ring (bicyclic) bond motifs is 5. The fourth-order valence-electron chi connectivity index (χ4n) is 8.94. The van der Waals surface area contributed by atoms with Gasteiger partial charge in [0.2, 0.25) is 0 Å². The molecule has 9 atom stereocenters. The normalized spacial score (nSPS) is 51.0. The first-order valence-electron chi connectivity index (χ1n) is 12.6. The molecule has 0 aromatic heterocycles. The molecule has 0 N–H and O–H groups in total. The molecule has 0 bridgehead atoms. The van der Waals surface area contributed by atoms with Gasteiger partial charge in [0.25, 0.3) is 0 Å². The molecule has 5 rings (SSSR count). The Morgan fingerprint density at radius 2 is 1.90 bits per heavy atom. The van der Waals surface area contributed by atoms with Gasteiger partial charge in [-0.25, -0.2) is 0 Å². The van der Waals surface area contributed by atoms with Gasteiger partial charge in [-0.2, -0.15) is 0 Å². The molecule has 0 aromatic rings. The second-order valence-corrected chi connectivity index (χ2v) is 11.7. The third-order valence-corrected chi connectivity index (χ3v) is 10.3. The van der Waals surface area contributed by atoms with Gasteiger partial charge in [-0.1, -0.05) is 13.8 Å². The van der Waals surface area contributed by atoms with Gasteiger partial charge < -0.3 is 9.47 Å². The Morgan fingerprint density at radius 3 is 2.63 bits per heavy atom. The summed E-state index contributed by atoms with van der Waals surface area (Å²) < 4.78 is 12.8. The van der Waals surface area contributed by atoms with Crippen molar-refractivity contribution < 1.29 is 19.1 Å². The lowest BCUT2D eigenvalue weighted by atomic mass is 9.44. The maximum Gasteiger partial charge on any atom is 0.157 e. The van der Waals surface area contributed by atoms with Gasteiger partial charge in [0.1, 0.15) is 11.6 Å². The standard InChI is InChI=1S/C26H40O4/c1-16(27)20-9-10-21-19-8-7-17-14-18(28)11-12-25(17,2)24(19)22(15-26(20,21)3)30-23-6-4-5-13-29-23/h17,19-24H,4-15H2,1-3H3/t17-,19?,20?,21?,22-,23?,24?,25+,26-/m1/s1. The number of ether oxygens (including phenoxy) is 2. The molecule has 0 radical (unpaired) electrons. The second-order valence-electron chi connectivity index (χ2n) is 11.7. The summed E-state index contributed by atoms with van der Waals surface area (Å²) in [5, 5.41) is 0. The maximum atomic E-state index is 12.6. The summed E-state index contributed by atoms with van der Waals surface area (Å²) in [5.41, 5.74) is 0.242. The SMILES string of the molecule is CC(=O)C1CCC2C3CC[C@@H]4CC(=O)CC[C@]4(C)C3[C@H](OC3CCCCO3)C[C@]12C. The highest BCUT2D eigenvalue weighted by Crippen LogP contribution is 2.67. The van der Waals surface area contributed by atoms with Crippen molar-refractivity contribution in [3.8, 4) is 0 Å². The molecule has 1 aliphatic heterocycles. The minimum absolute atomic E-state index is 0.0556. The molecule has 168 valence electrons. The van der Waals surface area contributed by atoms with E-state index in [4.69, 9.17) is 9.47 Å². The monoisotopic (exact) mass is 416 g/mol. The molecule has 5 aliphatic rings. The van der Waals surface area contributed by atoms with E-state index >= 15 is 0 Å². The summed E-state index contributed by atoms with van der Waals surface area (Å²) in [5.74, 6) is 3.26. The van der Waals surface area contributed by atoms with E-state index in [0.717, 1.165) is 51.6 Å². The molecule has 5 fully saturated rings. The van der Waals surface area contributed by atoms with E-state index in [0.29, 0.717) is 35.2 Å². The molecule has 4 aliphatic carbocycles. The van der Waals surface area contributed by atoms with Gasteiger partial charge >= 0.3 is 0 Å². The topological polar surface area (TPSA) is 52.6 Å². The summed E-state index contributed by atoms with van der Waals surface area (Å²) in [6.45, 7) is 7.47. The summed E-state index contributed by atoms with van der Waals surface area (Å²) in [7, 11) is 0. The van der Waals surface area contributed by atoms with Crippen molar-refractivity contribution in [1.29, 1.82) is 0 Å². The van der Waals surface area contributed by atoms with Crippen LogP contribution in [0.25, 0.3) is 0 Å². The molecule has 4 nitrogen and oxygen atoms in total. The van der Waals surface area contributed by atoms with E-state index in [1.165, 1.54) is 25.7 Å². The Balaban J connectivity index is 1.50. The first-order chi connectivity index (χ1) is 14.3. The molecule has 1 heterocycles. The number of hydrogen-bond donors (Lipinski definition) is 0. The maximum absolute atomic E-state index is 12.6. The number of carbonyl (C=O) groups is 2. The van der Waals surface area contributed by atoms with Crippen molar-refractivity contribution in [2.45, 2.75) is 104 Å². The van der Waals surface area contributed by atoms with Crippen LogP contribution in [0, 0.1) is 40.4 Å². The molecule has 0 spiro atoms. The van der Waals surface area contributed by atoms with E-state index in [-0.39, 0.29) is 29.1 Å². The predicted molar refractivity (Wildman–Crippen MR) is 115 cm³/mol. The lowest BCUT2D eigenvalue weighted by Crippen LogP contribution is -2.60. The molecule has 4 saturated carbocycles. The van der Waals surface area contributed by atoms with Crippen LogP contribution in [0.3, 0.4) is 0 Å². The highest BCUT2D eigenvalue weighted by atomic mass is 16.7. The van der Waals surface area contributed by atoms with Crippen LogP contribution in [0.5, 0.6) is 0 Å². The van der Waals surface area contributed by atoms with Crippen molar-refractivity contribution in [2.75, 3.05) is 6.61 Å². The fourth-order valence-corrected chi connectivity index (χ4v) is 8.94. The van der Waals surface area contributed by atoms with Gasteiger partial charge in [-0.3, -0.25) is 9.59 Å². The van der Waals surface area contributed by atoms with E-state index < -0.39 is 0 Å². The van der Waals surface area contributed by atoms with E-state index in [1.54, 1.807) is 6.92 Å². The largest absolute Gasteiger partial charge is 0.353 e. The number of carbonyl (C=O) groups excluding carboxylic acids is 2. The molecular weight excluding hydrogens is 376 g/mol. The quantitative estimate of drug-likeness (QED) is 0.624. The van der Waals surface area contributed by atoms with Crippen molar-refractivity contribution >= 4 is 11.6 Å². The summed E-state index contributed by atoms with van der Waals surface area (Å²) in [4.78, 5) is 24.9. The Kier molecular flexibility index (Phi) is 5.41. The second kappa shape index (κ2) is 7.69. The summed E-state index contributed by atoms with van der Waals surface area (Å²) in [6, 6.07) is 0. The fraction of sp³-hybridized carbons (Fsp3) is 0.923. The number of rotatable bonds is 3. The molecule has 0 amide bonds. The Bertz CT molecular complexity index is 697. The molecule has 30 heavy (non-hydrogen) atoms. The van der Waals surface area contributed by atoms with Crippen LogP contribution in [0.1, 0.15) is 91.4 Å². The number of ketones is 2. The minimum Gasteiger partial charge on any atom is -0.353 e. The minimum atomic E-state index is -0.0871. The summed E-state index contributed by atoms with van der Waals surface area (Å²) in [6.07, 6.45) is 11.5. The van der Waals surface area contributed by atoms with Crippen molar-refractivity contribution in [3.05, 3.63) is 0 Å². The number of hydrogen-bond acceptors (Lipinski definition) is 4. The third-order valence-electron chi connectivity index (χ3n) is 10.3. The average molecular weight is 417 g/mol. The van der Waals surface area contributed by atoms with Crippen LogP contribution in [0.2, 0.25) is 0 Å². The Labute approximate surface area is 181 Å². The Hall–Kier alpha value is -0.740. The zero-order chi connectivity index (χ0) is 21.1. The van der Waals surface area contributed by atoms with Crippen LogP contribution in [0.15, 0.2) is 0 Å². The lowest BCUT2D eigenvalue weighted by molar-refractivity contribution is -0.252. The highest BCUT2D eigenvalue weighted by molar-refractivity contribution is 5.80. The van der Waals surface area contributed by atoms with Gasteiger partial charge in [0.05, 0.1) is 6.10 Å². The van der Waals surface area contributed by atoms with Crippen LogP contribution >= 0.6 is 0 Å².